The third kappa shape index (κ3) is 3.04. The largest absolute Gasteiger partial charge is 0.350 e. The molecule has 0 bridgehead atoms. The lowest BCUT2D eigenvalue weighted by Gasteiger charge is -2.33. The van der Waals surface area contributed by atoms with Crippen LogP contribution in [0.15, 0.2) is 40.9 Å². The van der Waals surface area contributed by atoms with Crippen LogP contribution in [0.1, 0.15) is 30.3 Å². The van der Waals surface area contributed by atoms with Gasteiger partial charge in [-0.3, -0.25) is 4.79 Å². The van der Waals surface area contributed by atoms with Crippen molar-refractivity contribution in [3.8, 4) is 11.3 Å². The summed E-state index contributed by atoms with van der Waals surface area (Å²) < 4.78 is 5.24. The molecule has 1 unspecified atom stereocenters. The van der Waals surface area contributed by atoms with E-state index in [1.165, 1.54) is 0 Å². The van der Waals surface area contributed by atoms with Crippen molar-refractivity contribution in [3.05, 3.63) is 42.2 Å². The number of carbonyl (C=O) groups is 1. The molecule has 22 heavy (non-hydrogen) atoms. The van der Waals surface area contributed by atoms with Gasteiger partial charge in [-0.25, -0.2) is 0 Å². The molecular formula is C17H21N3O2. The quantitative estimate of drug-likeness (QED) is 0.945. The lowest BCUT2D eigenvalue weighted by atomic mass is 9.91. The molecule has 2 aromatic rings. The molecule has 2 heterocycles. The van der Waals surface area contributed by atoms with Crippen molar-refractivity contribution < 1.29 is 9.32 Å². The van der Waals surface area contributed by atoms with Crippen LogP contribution < -0.4 is 5.73 Å². The van der Waals surface area contributed by atoms with E-state index < -0.39 is 0 Å². The molecule has 0 saturated carbocycles. The van der Waals surface area contributed by atoms with E-state index in [1.807, 2.05) is 42.2 Å². The maximum absolute atomic E-state index is 12.5. The Labute approximate surface area is 130 Å². The number of aromatic nitrogens is 1. The van der Waals surface area contributed by atoms with Crippen LogP contribution in [-0.4, -0.2) is 35.1 Å². The fourth-order valence-corrected chi connectivity index (χ4v) is 2.91. The van der Waals surface area contributed by atoms with Crippen LogP contribution >= 0.6 is 0 Å². The van der Waals surface area contributed by atoms with E-state index >= 15 is 0 Å². The summed E-state index contributed by atoms with van der Waals surface area (Å²) in [5, 5.41) is 4.00. The monoisotopic (exact) mass is 299 g/mol. The highest BCUT2D eigenvalue weighted by Crippen LogP contribution is 2.23. The molecule has 5 nitrogen and oxygen atoms in total. The number of rotatable bonds is 3. The Bertz CT molecular complexity index is 628. The first kappa shape index (κ1) is 14.8. The fraction of sp³-hybridized carbons (Fsp3) is 0.412. The van der Waals surface area contributed by atoms with E-state index in [0.29, 0.717) is 17.4 Å². The fourth-order valence-electron chi connectivity index (χ4n) is 2.91. The molecule has 0 radical (unpaired) electrons. The van der Waals surface area contributed by atoms with Crippen LogP contribution in [0, 0.1) is 5.92 Å². The number of amides is 1. The summed E-state index contributed by atoms with van der Waals surface area (Å²) in [7, 11) is 0. The van der Waals surface area contributed by atoms with Crippen LogP contribution in [0.3, 0.4) is 0 Å². The Morgan fingerprint density at radius 1 is 1.32 bits per heavy atom. The van der Waals surface area contributed by atoms with E-state index in [2.05, 4.69) is 5.16 Å². The lowest BCUT2D eigenvalue weighted by Crippen LogP contribution is -2.42. The van der Waals surface area contributed by atoms with Crippen LogP contribution in [-0.2, 0) is 0 Å². The Morgan fingerprint density at radius 2 is 2.00 bits per heavy atom. The molecule has 3 rings (SSSR count). The van der Waals surface area contributed by atoms with Crippen LogP contribution in [0.25, 0.3) is 11.3 Å². The van der Waals surface area contributed by atoms with Gasteiger partial charge in [-0.15, -0.1) is 0 Å². The third-order valence-corrected chi connectivity index (χ3v) is 4.36. The molecule has 116 valence electrons. The minimum absolute atomic E-state index is 0.0854. The average Bonchev–Trinajstić information content (AvgIpc) is 3.05. The van der Waals surface area contributed by atoms with Gasteiger partial charge in [0.05, 0.1) is 0 Å². The smallest absolute Gasteiger partial charge is 0.292 e. The second kappa shape index (κ2) is 6.32. The van der Waals surface area contributed by atoms with Gasteiger partial charge in [0, 0.05) is 30.8 Å². The van der Waals surface area contributed by atoms with Gasteiger partial charge in [0.2, 0.25) is 5.76 Å². The highest BCUT2D eigenvalue weighted by atomic mass is 16.5. The van der Waals surface area contributed by atoms with Crippen LogP contribution in [0.4, 0.5) is 0 Å². The summed E-state index contributed by atoms with van der Waals surface area (Å²) in [6.07, 6.45) is 1.90. The molecule has 1 amide bonds. The van der Waals surface area contributed by atoms with Crippen molar-refractivity contribution in [3.63, 3.8) is 0 Å². The predicted octanol–water partition coefficient (Wildman–Crippen LogP) is 2.54. The van der Waals surface area contributed by atoms with Crippen molar-refractivity contribution in [2.24, 2.45) is 11.7 Å². The molecule has 0 aliphatic carbocycles. The van der Waals surface area contributed by atoms with Crippen molar-refractivity contribution >= 4 is 5.91 Å². The van der Waals surface area contributed by atoms with Gasteiger partial charge in [-0.2, -0.15) is 0 Å². The SMILES string of the molecule is CC(N)C1CCN(C(=O)c2cc(-c3ccccc3)no2)CC1. The Kier molecular flexibility index (Phi) is 4.24. The second-order valence-electron chi connectivity index (χ2n) is 5.93. The van der Waals surface area contributed by atoms with Crippen LogP contribution in [0.2, 0.25) is 0 Å². The number of benzene rings is 1. The van der Waals surface area contributed by atoms with Gasteiger partial charge in [0.25, 0.3) is 5.91 Å². The van der Waals surface area contributed by atoms with Crippen molar-refractivity contribution in [1.29, 1.82) is 0 Å². The summed E-state index contributed by atoms with van der Waals surface area (Å²) in [6, 6.07) is 11.6. The maximum Gasteiger partial charge on any atom is 0.292 e. The number of likely N-dealkylation sites (tertiary alicyclic amines) is 1. The zero-order valence-electron chi connectivity index (χ0n) is 12.7. The first-order valence-corrected chi connectivity index (χ1v) is 7.72. The van der Waals surface area contributed by atoms with E-state index in [1.54, 1.807) is 6.07 Å². The lowest BCUT2D eigenvalue weighted by molar-refractivity contribution is 0.0639. The molecule has 1 aliphatic rings. The normalized spacial score (nSPS) is 17.5. The van der Waals surface area contributed by atoms with Gasteiger partial charge >= 0.3 is 0 Å². The van der Waals surface area contributed by atoms with Crippen molar-refractivity contribution in [2.45, 2.75) is 25.8 Å². The molecular weight excluding hydrogens is 278 g/mol. The summed E-state index contributed by atoms with van der Waals surface area (Å²) in [6.45, 7) is 3.49. The number of carbonyl (C=O) groups excluding carboxylic acids is 1. The van der Waals surface area contributed by atoms with E-state index in [4.69, 9.17) is 10.3 Å². The zero-order chi connectivity index (χ0) is 15.5. The summed E-state index contributed by atoms with van der Waals surface area (Å²) in [5.74, 6) is 0.717. The number of nitrogens with zero attached hydrogens (tertiary/aromatic N) is 2. The van der Waals surface area contributed by atoms with Crippen molar-refractivity contribution in [2.75, 3.05) is 13.1 Å². The third-order valence-electron chi connectivity index (χ3n) is 4.36. The summed E-state index contributed by atoms with van der Waals surface area (Å²) >= 11 is 0. The Morgan fingerprint density at radius 3 is 2.64 bits per heavy atom. The van der Waals surface area contributed by atoms with E-state index in [9.17, 15) is 4.79 Å². The Hall–Kier alpha value is -2.14. The number of nitrogens with two attached hydrogens (primary N) is 1. The molecule has 1 aromatic carbocycles. The summed E-state index contributed by atoms with van der Waals surface area (Å²) in [4.78, 5) is 14.3. The minimum Gasteiger partial charge on any atom is -0.350 e. The van der Waals surface area contributed by atoms with E-state index in [0.717, 1.165) is 31.5 Å². The maximum atomic E-state index is 12.5. The molecule has 1 atom stereocenters. The first-order chi connectivity index (χ1) is 10.6. The molecule has 1 aromatic heterocycles. The topological polar surface area (TPSA) is 72.4 Å². The Balaban J connectivity index is 1.68. The predicted molar refractivity (Wildman–Crippen MR) is 84.2 cm³/mol. The highest BCUT2D eigenvalue weighted by molar-refractivity contribution is 5.92. The van der Waals surface area contributed by atoms with Gasteiger partial charge in [-0.05, 0) is 25.7 Å². The molecule has 1 fully saturated rings. The minimum atomic E-state index is -0.0854. The molecule has 1 saturated heterocycles. The highest BCUT2D eigenvalue weighted by Gasteiger charge is 2.27. The standard InChI is InChI=1S/C17H21N3O2/c1-12(18)13-7-9-20(10-8-13)17(21)16-11-15(19-22-16)14-5-3-2-4-6-14/h2-6,11-13H,7-10,18H2,1H3. The van der Waals surface area contributed by atoms with E-state index in [-0.39, 0.29) is 11.9 Å². The molecule has 1 aliphatic heterocycles. The zero-order valence-corrected chi connectivity index (χ0v) is 12.7. The van der Waals surface area contributed by atoms with Gasteiger partial charge in [0.1, 0.15) is 5.69 Å². The molecule has 5 heteroatoms. The van der Waals surface area contributed by atoms with Crippen LogP contribution in [0.5, 0.6) is 0 Å². The average molecular weight is 299 g/mol. The number of piperidine rings is 1. The van der Waals surface area contributed by atoms with Crippen molar-refractivity contribution in [1.82, 2.24) is 10.1 Å². The second-order valence-corrected chi connectivity index (χ2v) is 5.93. The summed E-state index contributed by atoms with van der Waals surface area (Å²) in [5.41, 5.74) is 7.57. The first-order valence-electron chi connectivity index (χ1n) is 7.72. The van der Waals surface area contributed by atoms with Gasteiger partial charge in [-0.1, -0.05) is 35.5 Å². The van der Waals surface area contributed by atoms with Gasteiger partial charge < -0.3 is 15.2 Å². The molecule has 0 spiro atoms. The molecule has 2 N–H and O–H groups in total. The number of hydrogen-bond acceptors (Lipinski definition) is 4. The van der Waals surface area contributed by atoms with Gasteiger partial charge in [0.15, 0.2) is 0 Å². The number of hydrogen-bond donors (Lipinski definition) is 1.